The molecular formula is C26H16N2O. The average molecular weight is 372 g/mol. The van der Waals surface area contributed by atoms with Crippen molar-refractivity contribution in [2.24, 2.45) is 0 Å². The minimum atomic E-state index is 0.774. The molecule has 4 aromatic carbocycles. The highest BCUT2D eigenvalue weighted by Gasteiger charge is 2.16. The molecule has 0 aliphatic heterocycles. The number of hydrogen-bond acceptors (Lipinski definition) is 3. The van der Waals surface area contributed by atoms with Gasteiger partial charge in [-0.05, 0) is 51.6 Å². The molecule has 0 N–H and O–H groups in total. The first-order valence-corrected chi connectivity index (χ1v) is 9.60. The lowest BCUT2D eigenvalue weighted by Crippen LogP contribution is -1.85. The number of hydrogen-bond donors (Lipinski definition) is 0. The molecule has 6 rings (SSSR count). The third-order valence-electron chi connectivity index (χ3n) is 5.45. The Kier molecular flexibility index (Phi) is 3.47. The van der Waals surface area contributed by atoms with Crippen LogP contribution in [0.2, 0.25) is 0 Å². The first-order chi connectivity index (χ1) is 14.4. The monoisotopic (exact) mass is 372 g/mol. The standard InChI is InChI=1S/C26H16N2O/c1-2-6-17(7-3-1)20-12-10-18-9-11-19-13-14-23-25(24(19)21(18)16-20)26(28-29-23)22-8-4-5-15-27-22/h1-16H. The summed E-state index contributed by atoms with van der Waals surface area (Å²) < 4.78 is 5.69. The summed E-state index contributed by atoms with van der Waals surface area (Å²) in [6, 6.07) is 31.4. The zero-order chi connectivity index (χ0) is 19.2. The first-order valence-electron chi connectivity index (χ1n) is 9.60. The van der Waals surface area contributed by atoms with Crippen molar-refractivity contribution in [1.82, 2.24) is 10.1 Å². The molecular weight excluding hydrogens is 356 g/mol. The van der Waals surface area contributed by atoms with Gasteiger partial charge >= 0.3 is 0 Å². The summed E-state index contributed by atoms with van der Waals surface area (Å²) in [6.45, 7) is 0. The molecule has 0 radical (unpaired) electrons. The van der Waals surface area contributed by atoms with E-state index in [1.54, 1.807) is 6.20 Å². The maximum absolute atomic E-state index is 5.69. The van der Waals surface area contributed by atoms with Gasteiger partial charge < -0.3 is 4.52 Å². The lowest BCUT2D eigenvalue weighted by molar-refractivity contribution is 0.459. The van der Waals surface area contributed by atoms with Crippen LogP contribution < -0.4 is 0 Å². The SMILES string of the molecule is c1ccc(-c2ccc3ccc4ccc5onc(-c6ccccn6)c5c4c3c2)cc1. The fraction of sp³-hybridized carbons (Fsp3) is 0. The van der Waals surface area contributed by atoms with Crippen molar-refractivity contribution in [2.45, 2.75) is 0 Å². The van der Waals surface area contributed by atoms with Crippen LogP contribution in [0.15, 0.2) is 102 Å². The van der Waals surface area contributed by atoms with E-state index in [0.717, 1.165) is 33.1 Å². The van der Waals surface area contributed by atoms with E-state index in [1.807, 2.05) is 30.3 Å². The van der Waals surface area contributed by atoms with Gasteiger partial charge in [0.05, 0.1) is 11.1 Å². The van der Waals surface area contributed by atoms with Crippen LogP contribution in [0.5, 0.6) is 0 Å². The Hall–Kier alpha value is -3.98. The smallest absolute Gasteiger partial charge is 0.168 e. The summed E-state index contributed by atoms with van der Waals surface area (Å²) in [6.07, 6.45) is 1.78. The molecule has 3 nitrogen and oxygen atoms in total. The number of pyridine rings is 1. The summed E-state index contributed by atoms with van der Waals surface area (Å²) in [4.78, 5) is 4.50. The van der Waals surface area contributed by atoms with E-state index < -0.39 is 0 Å². The van der Waals surface area contributed by atoms with Crippen molar-refractivity contribution in [3.8, 4) is 22.5 Å². The highest BCUT2D eigenvalue weighted by atomic mass is 16.5. The molecule has 0 saturated heterocycles. The summed E-state index contributed by atoms with van der Waals surface area (Å²) in [5.41, 5.74) is 4.77. The second-order valence-electron chi connectivity index (χ2n) is 7.15. The fourth-order valence-corrected chi connectivity index (χ4v) is 4.07. The molecule has 0 bridgehead atoms. The van der Waals surface area contributed by atoms with Gasteiger partial charge in [-0.15, -0.1) is 0 Å². The minimum absolute atomic E-state index is 0.774. The van der Waals surface area contributed by atoms with Gasteiger partial charge in [-0.3, -0.25) is 4.98 Å². The van der Waals surface area contributed by atoms with Crippen molar-refractivity contribution in [2.75, 3.05) is 0 Å². The summed E-state index contributed by atoms with van der Waals surface area (Å²) >= 11 is 0. The minimum Gasteiger partial charge on any atom is -0.356 e. The Morgan fingerprint density at radius 3 is 2.28 bits per heavy atom. The van der Waals surface area contributed by atoms with Crippen LogP contribution >= 0.6 is 0 Å². The number of nitrogens with zero attached hydrogens (tertiary/aromatic N) is 2. The Morgan fingerprint density at radius 1 is 0.621 bits per heavy atom. The Labute approximate surface area is 167 Å². The summed E-state index contributed by atoms with van der Waals surface area (Å²) in [5.74, 6) is 0. The molecule has 0 aliphatic rings. The van der Waals surface area contributed by atoms with Crippen LogP contribution in [-0.2, 0) is 0 Å². The summed E-state index contributed by atoms with van der Waals surface area (Å²) in [7, 11) is 0. The predicted molar refractivity (Wildman–Crippen MR) is 118 cm³/mol. The number of fused-ring (bicyclic) bond motifs is 5. The predicted octanol–water partition coefficient (Wildman–Crippen LogP) is 6.86. The van der Waals surface area contributed by atoms with Gasteiger partial charge in [-0.1, -0.05) is 71.9 Å². The molecule has 0 aliphatic carbocycles. The fourth-order valence-electron chi connectivity index (χ4n) is 4.07. The topological polar surface area (TPSA) is 38.9 Å². The van der Waals surface area contributed by atoms with Crippen molar-refractivity contribution >= 4 is 32.5 Å². The van der Waals surface area contributed by atoms with E-state index >= 15 is 0 Å². The number of aromatic nitrogens is 2. The Bertz CT molecular complexity index is 1490. The van der Waals surface area contributed by atoms with E-state index in [-0.39, 0.29) is 0 Å². The molecule has 0 fully saturated rings. The van der Waals surface area contributed by atoms with Crippen LogP contribution in [0.1, 0.15) is 0 Å². The zero-order valence-electron chi connectivity index (χ0n) is 15.5. The molecule has 0 saturated carbocycles. The second-order valence-corrected chi connectivity index (χ2v) is 7.15. The molecule has 2 heterocycles. The van der Waals surface area contributed by atoms with Crippen LogP contribution in [0.4, 0.5) is 0 Å². The van der Waals surface area contributed by atoms with Gasteiger partial charge in [0, 0.05) is 11.6 Å². The van der Waals surface area contributed by atoms with Crippen molar-refractivity contribution in [3.63, 3.8) is 0 Å². The van der Waals surface area contributed by atoms with E-state index in [9.17, 15) is 0 Å². The van der Waals surface area contributed by atoms with Crippen LogP contribution in [0, 0.1) is 0 Å². The molecule has 3 heteroatoms. The molecule has 0 spiro atoms. The van der Waals surface area contributed by atoms with Crippen molar-refractivity contribution in [1.29, 1.82) is 0 Å². The first kappa shape index (κ1) is 16.0. The largest absolute Gasteiger partial charge is 0.356 e. The van der Waals surface area contributed by atoms with E-state index in [2.05, 4.69) is 70.8 Å². The van der Waals surface area contributed by atoms with Gasteiger partial charge in [0.15, 0.2) is 5.58 Å². The highest BCUT2D eigenvalue weighted by Crippen LogP contribution is 2.38. The number of benzene rings is 4. The van der Waals surface area contributed by atoms with Crippen molar-refractivity contribution < 1.29 is 4.52 Å². The highest BCUT2D eigenvalue weighted by molar-refractivity contribution is 6.22. The van der Waals surface area contributed by atoms with Crippen LogP contribution in [0.3, 0.4) is 0 Å². The molecule has 6 aromatic rings. The third kappa shape index (κ3) is 2.52. The van der Waals surface area contributed by atoms with Crippen LogP contribution in [-0.4, -0.2) is 10.1 Å². The molecule has 29 heavy (non-hydrogen) atoms. The van der Waals surface area contributed by atoms with E-state index in [1.165, 1.54) is 21.9 Å². The normalized spacial score (nSPS) is 11.4. The van der Waals surface area contributed by atoms with Crippen molar-refractivity contribution in [3.05, 3.63) is 97.2 Å². The molecule has 0 atom stereocenters. The maximum Gasteiger partial charge on any atom is 0.168 e. The van der Waals surface area contributed by atoms with Gasteiger partial charge in [-0.25, -0.2) is 0 Å². The molecule has 2 aromatic heterocycles. The Balaban J connectivity index is 1.75. The average Bonchev–Trinajstić information content (AvgIpc) is 3.24. The zero-order valence-corrected chi connectivity index (χ0v) is 15.5. The van der Waals surface area contributed by atoms with Gasteiger partial charge in [0.2, 0.25) is 0 Å². The lowest BCUT2D eigenvalue weighted by atomic mass is 9.94. The molecule has 136 valence electrons. The maximum atomic E-state index is 5.69. The molecule has 0 amide bonds. The van der Waals surface area contributed by atoms with Gasteiger partial charge in [0.1, 0.15) is 5.69 Å². The number of rotatable bonds is 2. The second kappa shape index (κ2) is 6.28. The third-order valence-corrected chi connectivity index (χ3v) is 5.45. The van der Waals surface area contributed by atoms with Gasteiger partial charge in [-0.2, -0.15) is 0 Å². The van der Waals surface area contributed by atoms with E-state index in [4.69, 9.17) is 4.52 Å². The summed E-state index contributed by atoms with van der Waals surface area (Å²) in [5, 5.41) is 10.1. The quantitative estimate of drug-likeness (QED) is 0.312. The van der Waals surface area contributed by atoms with Crippen LogP contribution in [0.25, 0.3) is 55.0 Å². The lowest BCUT2D eigenvalue weighted by Gasteiger charge is -2.09. The Morgan fingerprint density at radius 2 is 1.41 bits per heavy atom. The molecule has 0 unspecified atom stereocenters. The van der Waals surface area contributed by atoms with E-state index in [0.29, 0.717) is 0 Å². The van der Waals surface area contributed by atoms with Gasteiger partial charge in [0.25, 0.3) is 0 Å².